The van der Waals surface area contributed by atoms with E-state index in [1.807, 2.05) is 91.9 Å². The summed E-state index contributed by atoms with van der Waals surface area (Å²) in [5, 5.41) is 0. The third-order valence-electron chi connectivity index (χ3n) is 4.99. The molecule has 4 rings (SSSR count). The molecule has 29 heavy (non-hydrogen) atoms. The van der Waals surface area contributed by atoms with Crippen LogP contribution in [0.4, 0.5) is 0 Å². The molecule has 144 valence electrons. The van der Waals surface area contributed by atoms with Gasteiger partial charge in [-0.2, -0.15) is 0 Å². The van der Waals surface area contributed by atoms with E-state index in [9.17, 15) is 9.59 Å². The van der Waals surface area contributed by atoms with E-state index in [0.29, 0.717) is 12.2 Å². The second-order valence-corrected chi connectivity index (χ2v) is 7.16. The Hall–Kier alpha value is -3.66. The Morgan fingerprint density at radius 1 is 0.655 bits per heavy atom. The molecule has 0 fully saturated rings. The molecule has 0 N–H and O–H groups in total. The zero-order chi connectivity index (χ0) is 20.2. The average Bonchev–Trinajstić information content (AvgIpc) is 2.75. The Balaban J connectivity index is 1.87. The van der Waals surface area contributed by atoms with Crippen molar-refractivity contribution in [3.63, 3.8) is 0 Å². The quantitative estimate of drug-likeness (QED) is 0.522. The van der Waals surface area contributed by atoms with Gasteiger partial charge in [-0.3, -0.25) is 13.9 Å². The minimum absolute atomic E-state index is 0.251. The lowest BCUT2D eigenvalue weighted by Gasteiger charge is -2.16. The van der Waals surface area contributed by atoms with Crippen LogP contribution < -0.4 is 11.2 Å². The maximum absolute atomic E-state index is 13.4. The smallest absolute Gasteiger partial charge is 0.289 e. The second kappa shape index (κ2) is 8.15. The fourth-order valence-corrected chi connectivity index (χ4v) is 3.41. The first kappa shape index (κ1) is 18.7. The summed E-state index contributed by atoms with van der Waals surface area (Å²) in [5.74, 6) is 0. The van der Waals surface area contributed by atoms with Gasteiger partial charge in [0.15, 0.2) is 0 Å². The molecule has 4 nitrogen and oxygen atoms in total. The van der Waals surface area contributed by atoms with Crippen LogP contribution in [-0.2, 0) is 13.1 Å². The highest BCUT2D eigenvalue weighted by Gasteiger charge is 2.14. The van der Waals surface area contributed by atoms with Crippen molar-refractivity contribution in [3.8, 4) is 11.3 Å². The van der Waals surface area contributed by atoms with Crippen LogP contribution in [0.5, 0.6) is 0 Å². The van der Waals surface area contributed by atoms with Gasteiger partial charge in [0.05, 0.1) is 18.8 Å². The van der Waals surface area contributed by atoms with Crippen molar-refractivity contribution >= 4 is 0 Å². The molecule has 1 heterocycles. The van der Waals surface area contributed by atoms with Gasteiger partial charge in [-0.25, -0.2) is 4.79 Å². The van der Waals surface area contributed by atoms with Gasteiger partial charge in [-0.05, 0) is 23.6 Å². The predicted molar refractivity (Wildman–Crippen MR) is 116 cm³/mol. The molecule has 1 aromatic heterocycles. The average molecular weight is 382 g/mol. The lowest BCUT2D eigenvalue weighted by Crippen LogP contribution is -2.40. The third-order valence-corrected chi connectivity index (χ3v) is 4.99. The summed E-state index contributed by atoms with van der Waals surface area (Å²) in [4.78, 5) is 26.2. The molecular weight excluding hydrogens is 360 g/mol. The fraction of sp³-hybridized carbons (Fsp3) is 0.120. The number of aromatic nitrogens is 2. The number of hydrogen-bond acceptors (Lipinski definition) is 2. The zero-order valence-corrected chi connectivity index (χ0v) is 16.3. The molecule has 0 saturated carbocycles. The van der Waals surface area contributed by atoms with Gasteiger partial charge in [0, 0.05) is 6.07 Å². The third kappa shape index (κ3) is 4.11. The van der Waals surface area contributed by atoms with Crippen molar-refractivity contribution < 1.29 is 0 Å². The Bertz CT molecular complexity index is 1220. The van der Waals surface area contributed by atoms with E-state index < -0.39 is 0 Å². The van der Waals surface area contributed by atoms with Gasteiger partial charge in [0.2, 0.25) is 0 Å². The first-order valence-corrected chi connectivity index (χ1v) is 9.61. The van der Waals surface area contributed by atoms with Crippen molar-refractivity contribution in [3.05, 3.63) is 129 Å². The minimum atomic E-state index is -0.305. The molecule has 0 saturated heterocycles. The lowest BCUT2D eigenvalue weighted by molar-refractivity contribution is 0.617. The summed E-state index contributed by atoms with van der Waals surface area (Å²) in [6.07, 6.45) is 0. The van der Waals surface area contributed by atoms with Crippen LogP contribution in [-0.4, -0.2) is 9.13 Å². The Morgan fingerprint density at radius 2 is 1.17 bits per heavy atom. The van der Waals surface area contributed by atoms with Crippen LogP contribution in [0.2, 0.25) is 0 Å². The molecule has 0 amide bonds. The molecule has 4 heteroatoms. The van der Waals surface area contributed by atoms with Crippen LogP contribution in [0.25, 0.3) is 11.3 Å². The molecule has 0 aliphatic heterocycles. The highest BCUT2D eigenvalue weighted by molar-refractivity contribution is 5.59. The van der Waals surface area contributed by atoms with E-state index in [0.717, 1.165) is 22.3 Å². The van der Waals surface area contributed by atoms with Crippen molar-refractivity contribution in [2.75, 3.05) is 0 Å². The summed E-state index contributed by atoms with van der Waals surface area (Å²) >= 11 is 0. The number of benzene rings is 3. The summed E-state index contributed by atoms with van der Waals surface area (Å²) in [5.41, 5.74) is 3.94. The summed E-state index contributed by atoms with van der Waals surface area (Å²) in [6.45, 7) is 2.66. The molecule has 0 spiro atoms. The van der Waals surface area contributed by atoms with E-state index in [1.54, 1.807) is 10.6 Å². The maximum Gasteiger partial charge on any atom is 0.332 e. The van der Waals surface area contributed by atoms with E-state index in [2.05, 4.69) is 0 Å². The van der Waals surface area contributed by atoms with Crippen LogP contribution in [0.1, 0.15) is 16.7 Å². The van der Waals surface area contributed by atoms with Crippen molar-refractivity contribution in [1.29, 1.82) is 0 Å². The van der Waals surface area contributed by atoms with Gasteiger partial charge in [0.25, 0.3) is 5.56 Å². The molecule has 0 aliphatic rings. The van der Waals surface area contributed by atoms with Gasteiger partial charge in [0.1, 0.15) is 0 Å². The molecule has 0 bridgehead atoms. The highest BCUT2D eigenvalue weighted by Crippen LogP contribution is 2.18. The molecule has 0 unspecified atom stereocenters. The molecule has 0 aliphatic carbocycles. The summed E-state index contributed by atoms with van der Waals surface area (Å²) < 4.78 is 2.99. The van der Waals surface area contributed by atoms with Crippen LogP contribution in [0.15, 0.2) is 101 Å². The molecule has 3 aromatic carbocycles. The second-order valence-electron chi connectivity index (χ2n) is 7.16. The predicted octanol–water partition coefficient (Wildman–Crippen LogP) is 4.08. The van der Waals surface area contributed by atoms with E-state index >= 15 is 0 Å². The molecule has 4 aromatic rings. The van der Waals surface area contributed by atoms with Crippen molar-refractivity contribution in [2.45, 2.75) is 20.0 Å². The number of rotatable bonds is 5. The van der Waals surface area contributed by atoms with Gasteiger partial charge >= 0.3 is 5.69 Å². The van der Waals surface area contributed by atoms with E-state index in [1.165, 1.54) is 4.57 Å². The number of hydrogen-bond donors (Lipinski definition) is 0. The first-order chi connectivity index (χ1) is 14.1. The largest absolute Gasteiger partial charge is 0.332 e. The maximum atomic E-state index is 13.4. The highest BCUT2D eigenvalue weighted by atomic mass is 16.2. The molecule has 0 atom stereocenters. The van der Waals surface area contributed by atoms with Crippen molar-refractivity contribution in [2.24, 2.45) is 0 Å². The van der Waals surface area contributed by atoms with E-state index in [-0.39, 0.29) is 17.8 Å². The van der Waals surface area contributed by atoms with Crippen LogP contribution in [0, 0.1) is 6.92 Å². The van der Waals surface area contributed by atoms with Gasteiger partial charge < -0.3 is 0 Å². The SMILES string of the molecule is Cc1ccc(-c2cc(=O)n(Cc3ccccc3)c(=O)n2Cc2ccccc2)cc1. The summed E-state index contributed by atoms with van der Waals surface area (Å²) in [6, 6.07) is 28.8. The van der Waals surface area contributed by atoms with Gasteiger partial charge in [-0.1, -0.05) is 90.5 Å². The lowest BCUT2D eigenvalue weighted by atomic mass is 10.1. The number of nitrogens with zero attached hydrogens (tertiary/aromatic N) is 2. The monoisotopic (exact) mass is 382 g/mol. The molecular formula is C25H22N2O2. The van der Waals surface area contributed by atoms with E-state index in [4.69, 9.17) is 0 Å². The zero-order valence-electron chi connectivity index (χ0n) is 16.3. The van der Waals surface area contributed by atoms with Gasteiger partial charge in [-0.15, -0.1) is 0 Å². The topological polar surface area (TPSA) is 44.0 Å². The van der Waals surface area contributed by atoms with Crippen LogP contribution >= 0.6 is 0 Å². The normalized spacial score (nSPS) is 10.8. The Kier molecular flexibility index (Phi) is 5.25. The minimum Gasteiger partial charge on any atom is -0.289 e. The fourth-order valence-electron chi connectivity index (χ4n) is 3.41. The van der Waals surface area contributed by atoms with Crippen molar-refractivity contribution in [1.82, 2.24) is 9.13 Å². The summed E-state index contributed by atoms with van der Waals surface area (Å²) in [7, 11) is 0. The first-order valence-electron chi connectivity index (χ1n) is 9.61. The van der Waals surface area contributed by atoms with Crippen LogP contribution in [0.3, 0.4) is 0 Å². The Morgan fingerprint density at radius 3 is 1.72 bits per heavy atom. The standard InChI is InChI=1S/C25H22N2O2/c1-19-12-14-22(15-13-19)23-16-24(28)27(18-21-10-6-3-7-11-21)25(29)26(23)17-20-8-4-2-5-9-20/h2-16H,17-18H2,1H3. The Labute approximate surface area is 169 Å². The molecule has 0 radical (unpaired) electrons. The number of aryl methyl sites for hydroxylation is 1.